The van der Waals surface area contributed by atoms with E-state index >= 15 is 0 Å². The highest BCUT2D eigenvalue weighted by atomic mass is 32.1. The number of carbonyl (C=O) groups is 2. The Morgan fingerprint density at radius 3 is 2.62 bits per heavy atom. The van der Waals surface area contributed by atoms with Crippen molar-refractivity contribution in [2.45, 2.75) is 12.5 Å². The Morgan fingerprint density at radius 2 is 1.93 bits per heavy atom. The first-order chi connectivity index (χ1) is 14.0. The van der Waals surface area contributed by atoms with Crippen LogP contribution in [0.25, 0.3) is 11.1 Å². The van der Waals surface area contributed by atoms with Crippen LogP contribution in [-0.2, 0) is 9.59 Å². The van der Waals surface area contributed by atoms with Crippen LogP contribution >= 0.6 is 11.3 Å². The standard InChI is InChI=1S/C21H17FN4O2S/c22-15-4-6-17(7-5-15)26-19(20(23)27)11-18(25-26)21(28)24-16-3-1-2-13(10-16)14-8-9-29-12-14/h1-10,12,19H,11H2,(H2,23,27)(H,24,28). The first-order valence-corrected chi connectivity index (χ1v) is 9.81. The summed E-state index contributed by atoms with van der Waals surface area (Å²) in [5, 5.41) is 12.5. The van der Waals surface area contributed by atoms with Gasteiger partial charge in [-0.25, -0.2) is 4.39 Å². The molecule has 2 aromatic carbocycles. The van der Waals surface area contributed by atoms with Crippen molar-refractivity contribution < 1.29 is 14.0 Å². The summed E-state index contributed by atoms with van der Waals surface area (Å²) in [5.41, 5.74) is 8.83. The highest BCUT2D eigenvalue weighted by Crippen LogP contribution is 2.27. The second kappa shape index (κ2) is 7.84. The number of hydrazone groups is 1. The predicted octanol–water partition coefficient (Wildman–Crippen LogP) is 3.61. The van der Waals surface area contributed by atoms with Crippen LogP contribution in [-0.4, -0.2) is 23.6 Å². The summed E-state index contributed by atoms with van der Waals surface area (Å²) in [4.78, 5) is 24.6. The summed E-state index contributed by atoms with van der Waals surface area (Å²) >= 11 is 1.60. The van der Waals surface area contributed by atoms with Gasteiger partial charge in [-0.2, -0.15) is 16.4 Å². The Labute approximate surface area is 170 Å². The fraction of sp³-hybridized carbons (Fsp3) is 0.0952. The van der Waals surface area contributed by atoms with E-state index in [9.17, 15) is 14.0 Å². The molecular weight excluding hydrogens is 391 g/mol. The number of hydrogen-bond acceptors (Lipinski definition) is 5. The molecule has 4 rings (SSSR count). The van der Waals surface area contributed by atoms with Gasteiger partial charge in [0.15, 0.2) is 0 Å². The number of primary amides is 1. The number of hydrogen-bond donors (Lipinski definition) is 2. The summed E-state index contributed by atoms with van der Waals surface area (Å²) < 4.78 is 13.2. The van der Waals surface area contributed by atoms with E-state index in [1.807, 2.05) is 35.0 Å². The number of halogens is 1. The van der Waals surface area contributed by atoms with Crippen molar-refractivity contribution in [3.05, 3.63) is 71.2 Å². The van der Waals surface area contributed by atoms with E-state index < -0.39 is 23.7 Å². The van der Waals surface area contributed by atoms with Gasteiger partial charge in [-0.1, -0.05) is 12.1 Å². The van der Waals surface area contributed by atoms with Crippen LogP contribution in [0.1, 0.15) is 6.42 Å². The van der Waals surface area contributed by atoms with E-state index in [0.717, 1.165) is 11.1 Å². The molecule has 146 valence electrons. The van der Waals surface area contributed by atoms with Gasteiger partial charge in [0.25, 0.3) is 5.91 Å². The maximum atomic E-state index is 13.2. The van der Waals surface area contributed by atoms with Gasteiger partial charge in [0, 0.05) is 12.1 Å². The smallest absolute Gasteiger partial charge is 0.271 e. The molecule has 2 heterocycles. The van der Waals surface area contributed by atoms with E-state index in [1.165, 1.54) is 29.3 Å². The average molecular weight is 408 g/mol. The second-order valence-corrected chi connectivity index (χ2v) is 7.32. The van der Waals surface area contributed by atoms with Crippen LogP contribution in [0.4, 0.5) is 15.8 Å². The molecule has 0 saturated heterocycles. The number of nitrogens with one attached hydrogen (secondary N) is 1. The number of anilines is 2. The van der Waals surface area contributed by atoms with Gasteiger partial charge in [-0.15, -0.1) is 0 Å². The summed E-state index contributed by atoms with van der Waals surface area (Å²) in [6.07, 6.45) is 0.0722. The number of rotatable bonds is 5. The fourth-order valence-electron chi connectivity index (χ4n) is 3.11. The highest BCUT2D eigenvalue weighted by molar-refractivity contribution is 7.08. The molecular formula is C21H17FN4O2S. The first kappa shape index (κ1) is 18.8. The van der Waals surface area contributed by atoms with Gasteiger partial charge in [-0.3, -0.25) is 14.6 Å². The highest BCUT2D eigenvalue weighted by Gasteiger charge is 2.35. The van der Waals surface area contributed by atoms with Gasteiger partial charge in [0.05, 0.1) is 5.69 Å². The Hall–Kier alpha value is -3.52. The quantitative estimate of drug-likeness (QED) is 0.676. The number of benzene rings is 2. The third-order valence-electron chi connectivity index (χ3n) is 4.57. The number of carbonyl (C=O) groups excluding carboxylic acids is 2. The second-order valence-electron chi connectivity index (χ2n) is 6.54. The minimum absolute atomic E-state index is 0.0722. The molecule has 6 nitrogen and oxygen atoms in total. The molecule has 1 aliphatic heterocycles. The first-order valence-electron chi connectivity index (χ1n) is 8.87. The molecule has 0 radical (unpaired) electrons. The lowest BCUT2D eigenvalue weighted by Crippen LogP contribution is -2.39. The zero-order valence-corrected chi connectivity index (χ0v) is 16.0. The third kappa shape index (κ3) is 4.02. The number of nitrogens with zero attached hydrogens (tertiary/aromatic N) is 2. The lowest BCUT2D eigenvalue weighted by molar-refractivity contribution is -0.119. The Kier molecular flexibility index (Phi) is 5.09. The zero-order valence-electron chi connectivity index (χ0n) is 15.2. The van der Waals surface area contributed by atoms with Crippen molar-refractivity contribution in [1.29, 1.82) is 0 Å². The third-order valence-corrected chi connectivity index (χ3v) is 5.25. The molecule has 0 spiro atoms. The largest absolute Gasteiger partial charge is 0.368 e. The van der Waals surface area contributed by atoms with Crippen molar-refractivity contribution in [2.24, 2.45) is 10.8 Å². The van der Waals surface area contributed by atoms with Gasteiger partial charge >= 0.3 is 0 Å². The molecule has 1 aromatic heterocycles. The van der Waals surface area contributed by atoms with Crippen molar-refractivity contribution in [3.8, 4) is 11.1 Å². The van der Waals surface area contributed by atoms with Gasteiger partial charge in [0.2, 0.25) is 5.91 Å². The molecule has 1 unspecified atom stereocenters. The number of thiophene rings is 1. The molecule has 8 heteroatoms. The SMILES string of the molecule is NC(=O)C1CC(C(=O)Nc2cccc(-c3ccsc3)c2)=NN1c1ccc(F)cc1. The summed E-state index contributed by atoms with van der Waals surface area (Å²) in [7, 11) is 0. The van der Waals surface area contributed by atoms with Crippen LogP contribution in [0.5, 0.6) is 0 Å². The molecule has 0 bridgehead atoms. The van der Waals surface area contributed by atoms with Crippen molar-refractivity contribution in [2.75, 3.05) is 10.3 Å². The van der Waals surface area contributed by atoms with E-state index in [4.69, 9.17) is 5.73 Å². The summed E-state index contributed by atoms with van der Waals surface area (Å²) in [5.74, 6) is -1.43. The molecule has 0 aliphatic carbocycles. The monoisotopic (exact) mass is 408 g/mol. The molecule has 3 N–H and O–H groups in total. The summed E-state index contributed by atoms with van der Waals surface area (Å²) in [6.45, 7) is 0. The van der Waals surface area contributed by atoms with E-state index in [-0.39, 0.29) is 12.1 Å². The topological polar surface area (TPSA) is 87.8 Å². The maximum Gasteiger partial charge on any atom is 0.271 e. The van der Waals surface area contributed by atoms with Crippen molar-refractivity contribution in [1.82, 2.24) is 0 Å². The molecule has 0 saturated carbocycles. The van der Waals surface area contributed by atoms with Crippen LogP contribution in [0, 0.1) is 5.82 Å². The van der Waals surface area contributed by atoms with E-state index in [0.29, 0.717) is 11.4 Å². The van der Waals surface area contributed by atoms with Gasteiger partial charge in [-0.05, 0) is 64.4 Å². The molecule has 29 heavy (non-hydrogen) atoms. The molecule has 0 fully saturated rings. The van der Waals surface area contributed by atoms with Crippen LogP contribution < -0.4 is 16.1 Å². The summed E-state index contributed by atoms with van der Waals surface area (Å²) in [6, 6.07) is 14.2. The van der Waals surface area contributed by atoms with Crippen LogP contribution in [0.3, 0.4) is 0 Å². The fourth-order valence-corrected chi connectivity index (χ4v) is 3.77. The lowest BCUT2D eigenvalue weighted by atomic mass is 10.1. The van der Waals surface area contributed by atoms with E-state index in [1.54, 1.807) is 17.4 Å². The Balaban J connectivity index is 1.55. The Morgan fingerprint density at radius 1 is 1.14 bits per heavy atom. The minimum Gasteiger partial charge on any atom is -0.368 e. The maximum absolute atomic E-state index is 13.2. The minimum atomic E-state index is -0.807. The molecule has 2 amide bonds. The Bertz CT molecular complexity index is 1080. The van der Waals surface area contributed by atoms with Crippen LogP contribution in [0.2, 0.25) is 0 Å². The zero-order chi connectivity index (χ0) is 20.4. The number of nitrogens with two attached hydrogens (primary N) is 1. The molecule has 1 atom stereocenters. The lowest BCUT2D eigenvalue weighted by Gasteiger charge is -2.20. The average Bonchev–Trinajstić information content (AvgIpc) is 3.39. The van der Waals surface area contributed by atoms with Gasteiger partial charge in [0.1, 0.15) is 17.6 Å². The normalized spacial score (nSPS) is 15.8. The predicted molar refractivity (Wildman–Crippen MR) is 112 cm³/mol. The van der Waals surface area contributed by atoms with E-state index in [2.05, 4.69) is 10.4 Å². The number of amides is 2. The van der Waals surface area contributed by atoms with Crippen molar-refractivity contribution in [3.63, 3.8) is 0 Å². The molecule has 1 aliphatic rings. The molecule has 3 aromatic rings. The van der Waals surface area contributed by atoms with Crippen molar-refractivity contribution >= 4 is 40.2 Å². The van der Waals surface area contributed by atoms with Gasteiger partial charge < -0.3 is 11.1 Å². The van der Waals surface area contributed by atoms with Crippen LogP contribution in [0.15, 0.2) is 70.5 Å².